The summed E-state index contributed by atoms with van der Waals surface area (Å²) in [6.07, 6.45) is 0. The van der Waals surface area contributed by atoms with Gasteiger partial charge < -0.3 is 14.8 Å². The first-order valence-corrected chi connectivity index (χ1v) is 6.76. The summed E-state index contributed by atoms with van der Waals surface area (Å²) in [5.74, 6) is -3.06. The number of amides is 1. The first kappa shape index (κ1) is 15.9. The van der Waals surface area contributed by atoms with E-state index in [-0.39, 0.29) is 17.9 Å². The molecule has 1 aromatic carbocycles. The fourth-order valence-corrected chi connectivity index (χ4v) is 2.19. The molecule has 1 N–H and O–H groups in total. The van der Waals surface area contributed by atoms with Crippen LogP contribution in [0.3, 0.4) is 0 Å². The Morgan fingerprint density at radius 1 is 1.41 bits per heavy atom. The number of ether oxygens (including phenoxy) is 1. The van der Waals surface area contributed by atoms with Gasteiger partial charge >= 0.3 is 5.97 Å². The van der Waals surface area contributed by atoms with E-state index in [1.165, 1.54) is 18.2 Å². The van der Waals surface area contributed by atoms with Crippen LogP contribution in [-0.2, 0) is 14.3 Å². The van der Waals surface area contributed by atoms with E-state index in [9.17, 15) is 14.0 Å². The van der Waals surface area contributed by atoms with Gasteiger partial charge in [-0.05, 0) is 32.9 Å². The molecule has 0 aromatic heterocycles. The zero-order valence-electron chi connectivity index (χ0n) is 12.5. The number of oxime groups is 1. The number of carbonyl (C=O) groups excluding carboxylic acids is 2. The zero-order chi connectivity index (χ0) is 16.5. The molecule has 1 amide bonds. The molecular formula is C15H17FN2O4. The predicted octanol–water partition coefficient (Wildman–Crippen LogP) is 1.96. The van der Waals surface area contributed by atoms with Gasteiger partial charge in [0.15, 0.2) is 5.71 Å². The number of benzene rings is 1. The fourth-order valence-electron chi connectivity index (χ4n) is 2.19. The maximum Gasteiger partial charge on any atom is 0.317 e. The molecule has 7 heteroatoms. The number of anilines is 1. The highest BCUT2D eigenvalue weighted by atomic mass is 19.1. The van der Waals surface area contributed by atoms with Crippen LogP contribution in [0.5, 0.6) is 0 Å². The topological polar surface area (TPSA) is 79.2 Å². The standard InChI is InChI=1S/C15H17FN2O4/c1-15(2,3)22-14(20)9-8-18(13(19)12(9)17-21)11-7-5-4-6-10(11)16/h4-7,9,21H,8H2,1-3H3. The Morgan fingerprint density at radius 3 is 2.59 bits per heavy atom. The van der Waals surface area contributed by atoms with Gasteiger partial charge in [0.05, 0.1) is 5.69 Å². The molecule has 1 saturated heterocycles. The first-order valence-electron chi connectivity index (χ1n) is 6.76. The molecular weight excluding hydrogens is 291 g/mol. The smallest absolute Gasteiger partial charge is 0.317 e. The van der Waals surface area contributed by atoms with Gasteiger partial charge in [0, 0.05) is 6.54 Å². The van der Waals surface area contributed by atoms with Crippen molar-refractivity contribution >= 4 is 23.3 Å². The van der Waals surface area contributed by atoms with E-state index in [2.05, 4.69) is 5.16 Å². The molecule has 1 unspecified atom stereocenters. The van der Waals surface area contributed by atoms with Gasteiger partial charge in [-0.2, -0.15) is 0 Å². The first-order chi connectivity index (χ1) is 10.2. The van der Waals surface area contributed by atoms with Crippen LogP contribution in [0.2, 0.25) is 0 Å². The summed E-state index contributed by atoms with van der Waals surface area (Å²) in [4.78, 5) is 25.4. The third-order valence-corrected chi connectivity index (χ3v) is 3.10. The summed E-state index contributed by atoms with van der Waals surface area (Å²) in [6.45, 7) is 4.93. The van der Waals surface area contributed by atoms with E-state index < -0.39 is 29.2 Å². The van der Waals surface area contributed by atoms with Crippen molar-refractivity contribution < 1.29 is 23.9 Å². The second-order valence-corrected chi connectivity index (χ2v) is 5.94. The molecule has 1 heterocycles. The summed E-state index contributed by atoms with van der Waals surface area (Å²) >= 11 is 0. The predicted molar refractivity (Wildman–Crippen MR) is 77.3 cm³/mol. The number of para-hydroxylation sites is 1. The van der Waals surface area contributed by atoms with Crippen molar-refractivity contribution in [3.8, 4) is 0 Å². The minimum absolute atomic E-state index is 0.0275. The monoisotopic (exact) mass is 308 g/mol. The van der Waals surface area contributed by atoms with E-state index >= 15 is 0 Å². The molecule has 0 radical (unpaired) electrons. The van der Waals surface area contributed by atoms with Crippen molar-refractivity contribution in [2.75, 3.05) is 11.4 Å². The number of hydrogen-bond acceptors (Lipinski definition) is 5. The number of rotatable bonds is 2. The van der Waals surface area contributed by atoms with Crippen LogP contribution in [0.25, 0.3) is 0 Å². The maximum atomic E-state index is 13.8. The average Bonchev–Trinajstić information content (AvgIpc) is 2.74. The molecule has 0 aliphatic carbocycles. The molecule has 6 nitrogen and oxygen atoms in total. The highest BCUT2D eigenvalue weighted by Gasteiger charge is 2.45. The number of halogens is 1. The second-order valence-electron chi connectivity index (χ2n) is 5.94. The minimum Gasteiger partial charge on any atom is -0.459 e. The molecule has 118 valence electrons. The lowest BCUT2D eigenvalue weighted by atomic mass is 10.1. The van der Waals surface area contributed by atoms with Crippen LogP contribution in [0.1, 0.15) is 20.8 Å². The van der Waals surface area contributed by atoms with Crippen LogP contribution in [-0.4, -0.2) is 34.9 Å². The van der Waals surface area contributed by atoms with Crippen LogP contribution in [0.15, 0.2) is 29.4 Å². The van der Waals surface area contributed by atoms with Crippen molar-refractivity contribution in [2.24, 2.45) is 11.1 Å². The molecule has 2 rings (SSSR count). The van der Waals surface area contributed by atoms with E-state index in [1.807, 2.05) is 0 Å². The van der Waals surface area contributed by atoms with E-state index in [4.69, 9.17) is 9.94 Å². The van der Waals surface area contributed by atoms with Crippen molar-refractivity contribution in [2.45, 2.75) is 26.4 Å². The molecule has 0 spiro atoms. The van der Waals surface area contributed by atoms with Crippen molar-refractivity contribution in [1.29, 1.82) is 0 Å². The lowest BCUT2D eigenvalue weighted by Gasteiger charge is -2.22. The lowest BCUT2D eigenvalue weighted by Crippen LogP contribution is -2.33. The van der Waals surface area contributed by atoms with Crippen LogP contribution < -0.4 is 4.90 Å². The van der Waals surface area contributed by atoms with Gasteiger partial charge in [-0.1, -0.05) is 17.3 Å². The van der Waals surface area contributed by atoms with E-state index in [0.717, 1.165) is 4.90 Å². The highest BCUT2D eigenvalue weighted by Crippen LogP contribution is 2.27. The summed E-state index contributed by atoms with van der Waals surface area (Å²) in [5, 5.41) is 11.9. The normalized spacial score (nSPS) is 20.5. The maximum absolute atomic E-state index is 13.8. The molecule has 0 bridgehead atoms. The van der Waals surface area contributed by atoms with Crippen molar-refractivity contribution in [1.82, 2.24) is 0 Å². The lowest BCUT2D eigenvalue weighted by molar-refractivity contribution is -0.157. The van der Waals surface area contributed by atoms with Crippen LogP contribution in [0.4, 0.5) is 10.1 Å². The Bertz CT molecular complexity index is 637. The Hall–Kier alpha value is -2.44. The Kier molecular flexibility index (Phi) is 4.16. The van der Waals surface area contributed by atoms with Crippen molar-refractivity contribution in [3.63, 3.8) is 0 Å². The minimum atomic E-state index is -1.06. The van der Waals surface area contributed by atoms with Gasteiger partial charge in [0.1, 0.15) is 17.3 Å². The van der Waals surface area contributed by atoms with Gasteiger partial charge in [-0.25, -0.2) is 4.39 Å². The Morgan fingerprint density at radius 2 is 2.05 bits per heavy atom. The number of nitrogens with zero attached hydrogens (tertiary/aromatic N) is 2. The number of hydrogen-bond donors (Lipinski definition) is 1. The third-order valence-electron chi connectivity index (χ3n) is 3.10. The number of carbonyl (C=O) groups is 2. The summed E-state index contributed by atoms with van der Waals surface area (Å²) in [6, 6.07) is 5.69. The van der Waals surface area contributed by atoms with E-state index in [1.54, 1.807) is 26.8 Å². The van der Waals surface area contributed by atoms with Crippen LogP contribution in [0, 0.1) is 11.7 Å². The SMILES string of the molecule is CC(C)(C)OC(=O)C1CN(c2ccccc2F)C(=O)C1=NO. The highest BCUT2D eigenvalue weighted by molar-refractivity contribution is 6.49. The van der Waals surface area contributed by atoms with Gasteiger partial charge in [-0.15, -0.1) is 0 Å². The summed E-state index contributed by atoms with van der Waals surface area (Å²) in [5.41, 5.74) is -1.07. The number of esters is 1. The average molecular weight is 308 g/mol. The molecule has 1 atom stereocenters. The molecule has 1 fully saturated rings. The van der Waals surface area contributed by atoms with Crippen molar-refractivity contribution in [3.05, 3.63) is 30.1 Å². The molecule has 22 heavy (non-hydrogen) atoms. The van der Waals surface area contributed by atoms with Gasteiger partial charge in [0.2, 0.25) is 0 Å². The Balaban J connectivity index is 2.31. The quantitative estimate of drug-likeness (QED) is 0.514. The van der Waals surface area contributed by atoms with Gasteiger partial charge in [-0.3, -0.25) is 9.59 Å². The zero-order valence-corrected chi connectivity index (χ0v) is 12.5. The molecule has 1 aliphatic rings. The van der Waals surface area contributed by atoms with Gasteiger partial charge in [0.25, 0.3) is 5.91 Å². The van der Waals surface area contributed by atoms with E-state index in [0.29, 0.717) is 0 Å². The summed E-state index contributed by atoms with van der Waals surface area (Å²) in [7, 11) is 0. The largest absolute Gasteiger partial charge is 0.459 e. The Labute approximate surface area is 127 Å². The third kappa shape index (κ3) is 3.08. The molecule has 0 saturated carbocycles. The fraction of sp³-hybridized carbons (Fsp3) is 0.400. The van der Waals surface area contributed by atoms with Crippen LogP contribution >= 0.6 is 0 Å². The molecule has 1 aliphatic heterocycles. The second kappa shape index (κ2) is 5.75. The summed E-state index contributed by atoms with van der Waals surface area (Å²) < 4.78 is 19.0. The molecule has 1 aromatic rings.